The molecule has 0 saturated carbocycles. The first-order valence-corrected chi connectivity index (χ1v) is 24.4. The van der Waals surface area contributed by atoms with Gasteiger partial charge in [0.05, 0.1) is 0 Å². The number of hydrogen-bond acceptors (Lipinski definition) is 2. The minimum Gasteiger partial charge on any atom is -0.335 e. The first kappa shape index (κ1) is 40.8. The number of nitrogens with zero attached hydrogens (tertiary/aromatic N) is 2. The normalized spacial score (nSPS) is 16.6. The van der Waals surface area contributed by atoms with E-state index in [0.717, 1.165) is 0 Å². The molecule has 13 rings (SSSR count). The van der Waals surface area contributed by atoms with Crippen molar-refractivity contribution < 1.29 is 0 Å². The van der Waals surface area contributed by atoms with Gasteiger partial charge < -0.3 is 9.80 Å². The Morgan fingerprint density at radius 2 is 0.618 bits per heavy atom. The fourth-order valence-corrected chi connectivity index (χ4v) is 12.7. The Labute approximate surface area is 400 Å². The van der Waals surface area contributed by atoms with Gasteiger partial charge in [0.25, 0.3) is 0 Å². The summed E-state index contributed by atoms with van der Waals surface area (Å²) in [6.07, 6.45) is 0. The molecule has 2 aliphatic heterocycles. The lowest BCUT2D eigenvalue weighted by Crippen LogP contribution is -2.48. The molecule has 2 heteroatoms. The molecule has 0 radical (unpaired) electrons. The summed E-state index contributed by atoms with van der Waals surface area (Å²) in [7, 11) is 0. The van der Waals surface area contributed by atoms with Crippen LogP contribution in [0.1, 0.15) is 66.5 Å². The summed E-state index contributed by atoms with van der Waals surface area (Å²) in [6, 6.07) is 73.8. The summed E-state index contributed by atoms with van der Waals surface area (Å²) in [4.78, 5) is 5.25. The number of hydrogen-bond donors (Lipinski definition) is 0. The van der Waals surface area contributed by atoms with Crippen molar-refractivity contribution in [1.82, 2.24) is 0 Å². The average Bonchev–Trinajstić information content (AvgIpc) is 3.62. The summed E-state index contributed by atoms with van der Waals surface area (Å²) in [6.45, 7) is 19.3. The lowest BCUT2D eigenvalue weighted by molar-refractivity contribution is 0.330. The van der Waals surface area contributed by atoms with Gasteiger partial charge in [0.1, 0.15) is 0 Å². The lowest BCUT2D eigenvalue weighted by Gasteiger charge is -2.43. The van der Waals surface area contributed by atoms with Crippen molar-refractivity contribution in [1.29, 1.82) is 0 Å². The summed E-state index contributed by atoms with van der Waals surface area (Å²) in [5.74, 6) is 0. The van der Waals surface area contributed by atoms with Gasteiger partial charge in [0.15, 0.2) is 0 Å². The van der Waals surface area contributed by atoms with Crippen LogP contribution in [-0.4, -0.2) is 11.1 Å². The molecule has 0 amide bonds. The van der Waals surface area contributed by atoms with Gasteiger partial charge >= 0.3 is 0 Å². The molecular formula is C66H56N2. The van der Waals surface area contributed by atoms with Crippen LogP contribution < -0.4 is 9.80 Å². The summed E-state index contributed by atoms with van der Waals surface area (Å²) >= 11 is 0. The molecule has 0 aromatic heterocycles. The molecule has 0 spiro atoms. The van der Waals surface area contributed by atoms with Gasteiger partial charge in [-0.25, -0.2) is 0 Å². The van der Waals surface area contributed by atoms with E-state index < -0.39 is 0 Å². The minimum atomic E-state index is -0.219. The van der Waals surface area contributed by atoms with Crippen molar-refractivity contribution in [3.63, 3.8) is 0 Å². The number of anilines is 4. The Morgan fingerprint density at radius 3 is 1.04 bits per heavy atom. The van der Waals surface area contributed by atoms with Crippen LogP contribution in [0.25, 0.3) is 86.9 Å². The molecule has 11 aromatic rings. The van der Waals surface area contributed by atoms with E-state index in [1.54, 1.807) is 0 Å². The molecular weight excluding hydrogens is 821 g/mol. The highest BCUT2D eigenvalue weighted by atomic mass is 15.2. The molecule has 0 unspecified atom stereocenters. The minimum absolute atomic E-state index is 0.101. The van der Waals surface area contributed by atoms with Crippen molar-refractivity contribution in [2.24, 2.45) is 0 Å². The van der Waals surface area contributed by atoms with E-state index in [1.807, 2.05) is 0 Å². The molecule has 0 aliphatic carbocycles. The summed E-state index contributed by atoms with van der Waals surface area (Å²) in [5, 5.41) is 15.1. The van der Waals surface area contributed by atoms with Gasteiger partial charge in [-0.3, -0.25) is 0 Å². The second-order valence-electron chi connectivity index (χ2n) is 21.7. The van der Waals surface area contributed by atoms with Crippen LogP contribution in [0.3, 0.4) is 0 Å². The largest absolute Gasteiger partial charge is 0.335 e. The Balaban J connectivity index is 1.24. The molecule has 0 N–H and O–H groups in total. The zero-order valence-corrected chi connectivity index (χ0v) is 40.4. The predicted octanol–water partition coefficient (Wildman–Crippen LogP) is 18.4. The van der Waals surface area contributed by atoms with E-state index in [1.165, 1.54) is 121 Å². The van der Waals surface area contributed by atoms with Crippen LogP contribution in [0.15, 0.2) is 194 Å². The second-order valence-corrected chi connectivity index (χ2v) is 21.7. The number of fused-ring (bicyclic) bond motifs is 10. The summed E-state index contributed by atoms with van der Waals surface area (Å²) < 4.78 is 0. The van der Waals surface area contributed by atoms with Gasteiger partial charge in [-0.05, 0) is 174 Å². The van der Waals surface area contributed by atoms with Gasteiger partial charge in [-0.1, -0.05) is 173 Å². The van der Waals surface area contributed by atoms with Crippen LogP contribution in [0, 0.1) is 0 Å². The van der Waals surface area contributed by atoms with Gasteiger partial charge in [-0.2, -0.15) is 0 Å². The number of para-hydroxylation sites is 2. The highest BCUT2D eigenvalue weighted by Crippen LogP contribution is 2.58. The molecule has 2 nitrogen and oxygen atoms in total. The smallest absolute Gasteiger partial charge is 0.0487 e. The van der Waals surface area contributed by atoms with Crippen molar-refractivity contribution in [3.05, 3.63) is 205 Å². The molecule has 0 bridgehead atoms. The third-order valence-corrected chi connectivity index (χ3v) is 17.5. The molecule has 0 saturated heterocycles. The maximum absolute atomic E-state index is 2.63. The van der Waals surface area contributed by atoms with E-state index in [4.69, 9.17) is 0 Å². The van der Waals surface area contributed by atoms with Crippen LogP contribution in [0.2, 0.25) is 0 Å². The molecule has 2 heterocycles. The van der Waals surface area contributed by atoms with Crippen LogP contribution in [0.5, 0.6) is 0 Å². The zero-order valence-electron chi connectivity index (χ0n) is 40.4. The van der Waals surface area contributed by atoms with Gasteiger partial charge in [0.2, 0.25) is 0 Å². The van der Waals surface area contributed by atoms with Crippen molar-refractivity contribution in [3.8, 4) is 22.3 Å². The van der Waals surface area contributed by atoms with Crippen LogP contribution in [0.4, 0.5) is 22.7 Å². The standard InChI is InChI=1S/C66H56N2/c1-63(2)57-29-17-19-31-59(57)67(65(63,5)6)43-33-35-51-55(39-43)62(54-38-42-22-10-12-24-46(42)48-26-14-16-28-50(48)54)56-40-44(68-60-32-20-18-30-58(60)64(3,4)66(68,7)8)34-36-52(56)61(51)53-37-41-21-9-11-23-45(41)47-25-13-15-27-49(47)53/h9-40H,1-8H3. The first-order chi connectivity index (χ1) is 32.8. The molecule has 330 valence electrons. The van der Waals surface area contributed by atoms with Crippen molar-refractivity contribution in [2.45, 2.75) is 77.3 Å². The Morgan fingerprint density at radius 1 is 0.279 bits per heavy atom. The molecule has 0 fully saturated rings. The Hall–Kier alpha value is -7.42. The van der Waals surface area contributed by atoms with E-state index in [0.29, 0.717) is 0 Å². The number of benzene rings is 11. The Kier molecular flexibility index (Phi) is 8.44. The third-order valence-electron chi connectivity index (χ3n) is 17.5. The topological polar surface area (TPSA) is 6.48 Å². The lowest BCUT2D eigenvalue weighted by atomic mass is 9.72. The van der Waals surface area contributed by atoms with Crippen LogP contribution in [-0.2, 0) is 10.8 Å². The molecule has 2 aliphatic rings. The molecule has 0 atom stereocenters. The second kappa shape index (κ2) is 14.1. The fraction of sp³-hybridized carbons (Fsp3) is 0.182. The molecule has 68 heavy (non-hydrogen) atoms. The van der Waals surface area contributed by atoms with Crippen molar-refractivity contribution in [2.75, 3.05) is 9.80 Å². The molecule has 11 aromatic carbocycles. The van der Waals surface area contributed by atoms with Gasteiger partial charge in [-0.15, -0.1) is 0 Å². The van der Waals surface area contributed by atoms with Gasteiger partial charge in [0, 0.05) is 44.7 Å². The SMILES string of the molecule is CC1(C)c2ccccc2N(c2ccc3c(-c4cc5ccccc5c5ccccc45)c4ccc(N5c6ccccc6C(C)(C)C5(C)C)cc4c(-c4cc5ccccc5c5ccccc45)c3c2)C1(C)C. The Bertz CT molecular complexity index is 3800. The third kappa shape index (κ3) is 5.35. The fourth-order valence-electron chi connectivity index (χ4n) is 12.7. The van der Waals surface area contributed by atoms with E-state index in [-0.39, 0.29) is 21.9 Å². The predicted molar refractivity (Wildman–Crippen MR) is 294 cm³/mol. The van der Waals surface area contributed by atoms with E-state index >= 15 is 0 Å². The highest BCUT2D eigenvalue weighted by Gasteiger charge is 2.52. The van der Waals surface area contributed by atoms with E-state index in [9.17, 15) is 0 Å². The van der Waals surface area contributed by atoms with Crippen molar-refractivity contribution >= 4 is 87.4 Å². The first-order valence-electron chi connectivity index (χ1n) is 24.4. The monoisotopic (exact) mass is 876 g/mol. The average molecular weight is 877 g/mol. The number of rotatable bonds is 4. The maximum Gasteiger partial charge on any atom is 0.0487 e. The quantitative estimate of drug-likeness (QED) is 0.128. The van der Waals surface area contributed by atoms with Crippen LogP contribution >= 0.6 is 0 Å². The maximum atomic E-state index is 2.63. The zero-order chi connectivity index (χ0) is 46.5. The highest BCUT2D eigenvalue weighted by molar-refractivity contribution is 6.29. The summed E-state index contributed by atoms with van der Waals surface area (Å²) in [5.41, 5.74) is 12.1. The van der Waals surface area contributed by atoms with E-state index in [2.05, 4.69) is 259 Å².